The van der Waals surface area contributed by atoms with Gasteiger partial charge in [-0.25, -0.2) is 0 Å². The van der Waals surface area contributed by atoms with Crippen molar-refractivity contribution in [2.45, 2.75) is 12.0 Å². The number of ether oxygens (including phenoxy) is 1. The van der Waals surface area contributed by atoms with Crippen LogP contribution in [0.2, 0.25) is 0 Å². The van der Waals surface area contributed by atoms with Crippen molar-refractivity contribution in [1.29, 1.82) is 0 Å². The van der Waals surface area contributed by atoms with Crippen LogP contribution in [0.25, 0.3) is 0 Å². The number of methoxy groups -OCH3 is 1. The first-order valence-electron chi connectivity index (χ1n) is 3.69. The molecule has 1 rings (SSSR count). The Morgan fingerprint density at radius 1 is 1.38 bits per heavy atom. The van der Waals surface area contributed by atoms with Crippen LogP contribution in [0.4, 0.5) is 0 Å². The summed E-state index contributed by atoms with van der Waals surface area (Å²) in [5, 5.41) is 21.2. The van der Waals surface area contributed by atoms with E-state index in [9.17, 15) is 24.6 Å². The number of carboxylic acids is 2. The molecule has 0 spiro atoms. The van der Waals surface area contributed by atoms with E-state index in [4.69, 9.17) is 0 Å². The van der Waals surface area contributed by atoms with Crippen LogP contribution in [0.1, 0.15) is 6.42 Å². The molecule has 16 heavy (non-hydrogen) atoms. The molecule has 1 aliphatic heterocycles. The van der Waals surface area contributed by atoms with Crippen molar-refractivity contribution >= 4 is 17.8 Å². The molecule has 0 aromatic carbocycles. The minimum atomic E-state index is -2.37. The van der Waals surface area contributed by atoms with Gasteiger partial charge in [0.25, 0.3) is 0 Å². The van der Waals surface area contributed by atoms with Gasteiger partial charge in [-0.1, -0.05) is 0 Å². The standard InChI is InChI=1S/C7H9NO6.2Na/c1-14-3-8-4(9)2-7(8,5(10)11)6(12)13;;/h2-3H2,1H3,(H,10,11)(H,12,13);;/q;2*+1/p-2. The summed E-state index contributed by atoms with van der Waals surface area (Å²) in [6.07, 6.45) is -0.652. The molecule has 0 aromatic heterocycles. The third-order valence-corrected chi connectivity index (χ3v) is 2.10. The Kier molecular flexibility index (Phi) is 8.13. The second-order valence-electron chi connectivity index (χ2n) is 2.85. The van der Waals surface area contributed by atoms with Crippen LogP contribution in [0, 0.1) is 0 Å². The second-order valence-corrected chi connectivity index (χ2v) is 2.85. The molecule has 9 heteroatoms. The van der Waals surface area contributed by atoms with Crippen molar-refractivity contribution in [1.82, 2.24) is 4.90 Å². The van der Waals surface area contributed by atoms with Crippen molar-refractivity contribution in [3.8, 4) is 0 Å². The molecular formula is C7H7NNa2O6. The molecule has 0 aromatic rings. The van der Waals surface area contributed by atoms with Gasteiger partial charge in [0.1, 0.15) is 12.3 Å². The van der Waals surface area contributed by atoms with E-state index >= 15 is 0 Å². The van der Waals surface area contributed by atoms with Crippen molar-refractivity contribution in [2.75, 3.05) is 13.8 Å². The fourth-order valence-electron chi connectivity index (χ4n) is 1.29. The first-order valence-corrected chi connectivity index (χ1v) is 3.69. The maximum atomic E-state index is 10.9. The van der Waals surface area contributed by atoms with E-state index in [0.717, 1.165) is 0 Å². The molecule has 1 fully saturated rings. The van der Waals surface area contributed by atoms with Gasteiger partial charge < -0.3 is 29.4 Å². The number of amides is 1. The van der Waals surface area contributed by atoms with Gasteiger partial charge in [-0.15, -0.1) is 0 Å². The molecule has 1 amide bonds. The van der Waals surface area contributed by atoms with Gasteiger partial charge in [-0.05, 0) is 0 Å². The van der Waals surface area contributed by atoms with Gasteiger partial charge >= 0.3 is 59.1 Å². The molecule has 1 heterocycles. The minimum absolute atomic E-state index is 0. The van der Waals surface area contributed by atoms with E-state index in [-0.39, 0.29) is 59.1 Å². The number of hydrogen-bond acceptors (Lipinski definition) is 6. The largest absolute Gasteiger partial charge is 1.00 e. The maximum absolute atomic E-state index is 10.9. The third kappa shape index (κ3) is 2.79. The van der Waals surface area contributed by atoms with E-state index in [1.807, 2.05) is 0 Å². The van der Waals surface area contributed by atoms with Crippen LogP contribution in [0.15, 0.2) is 0 Å². The Morgan fingerprint density at radius 2 is 1.81 bits per heavy atom. The number of carbonyl (C=O) groups excluding carboxylic acids is 3. The molecule has 1 aliphatic rings. The molecule has 0 aliphatic carbocycles. The molecule has 0 bridgehead atoms. The van der Waals surface area contributed by atoms with Crippen molar-refractivity contribution in [3.05, 3.63) is 0 Å². The average molecular weight is 247 g/mol. The van der Waals surface area contributed by atoms with Gasteiger partial charge in [-0.2, -0.15) is 0 Å². The smallest absolute Gasteiger partial charge is 0.547 e. The molecule has 0 unspecified atom stereocenters. The van der Waals surface area contributed by atoms with Gasteiger partial charge in [0.15, 0.2) is 0 Å². The summed E-state index contributed by atoms with van der Waals surface area (Å²) in [4.78, 5) is 32.7. The van der Waals surface area contributed by atoms with Gasteiger partial charge in [0.2, 0.25) is 5.91 Å². The zero-order valence-corrected chi connectivity index (χ0v) is 13.3. The Balaban J connectivity index is 0. The SMILES string of the molecule is COCN1C(=O)CC1(C(=O)[O-])C(=O)[O-].[Na+].[Na+]. The predicted molar refractivity (Wildman–Crippen MR) is 36.1 cm³/mol. The third-order valence-electron chi connectivity index (χ3n) is 2.10. The van der Waals surface area contributed by atoms with Crippen LogP contribution < -0.4 is 69.3 Å². The summed E-state index contributed by atoms with van der Waals surface area (Å²) < 4.78 is 4.49. The van der Waals surface area contributed by atoms with E-state index in [1.54, 1.807) is 0 Å². The van der Waals surface area contributed by atoms with Crippen LogP contribution in [-0.4, -0.2) is 42.1 Å². The zero-order valence-electron chi connectivity index (χ0n) is 9.31. The summed E-state index contributed by atoms with van der Waals surface area (Å²) in [5.74, 6) is -4.36. The normalized spacial score (nSPS) is 16.6. The van der Waals surface area contributed by atoms with Gasteiger partial charge in [0, 0.05) is 7.11 Å². The van der Waals surface area contributed by atoms with E-state index in [2.05, 4.69) is 4.74 Å². The van der Waals surface area contributed by atoms with Crippen LogP contribution >= 0.6 is 0 Å². The number of nitrogens with zero attached hydrogens (tertiary/aromatic N) is 1. The molecule has 7 nitrogen and oxygen atoms in total. The number of hydrogen-bond donors (Lipinski definition) is 0. The minimum Gasteiger partial charge on any atom is -0.547 e. The summed E-state index contributed by atoms with van der Waals surface area (Å²) in [7, 11) is 1.21. The quantitative estimate of drug-likeness (QED) is 0.277. The molecule has 0 N–H and O–H groups in total. The second kappa shape index (κ2) is 6.95. The Bertz CT molecular complexity index is 293. The zero-order chi connectivity index (χ0) is 10.9. The summed E-state index contributed by atoms with van der Waals surface area (Å²) in [6, 6.07) is 0. The molecular weight excluding hydrogens is 240 g/mol. The van der Waals surface area contributed by atoms with Gasteiger partial charge in [-0.3, -0.25) is 4.79 Å². The van der Waals surface area contributed by atoms with Crippen LogP contribution in [-0.2, 0) is 19.1 Å². The Hall–Kier alpha value is 0.370. The van der Waals surface area contributed by atoms with E-state index < -0.39 is 36.5 Å². The number of carboxylic acid groups (broad SMARTS) is 2. The monoisotopic (exact) mass is 247 g/mol. The van der Waals surface area contributed by atoms with Crippen molar-refractivity contribution in [3.63, 3.8) is 0 Å². The molecule has 0 radical (unpaired) electrons. The van der Waals surface area contributed by atoms with E-state index in [0.29, 0.717) is 4.90 Å². The van der Waals surface area contributed by atoms with Gasteiger partial charge in [0.05, 0.1) is 18.4 Å². The molecule has 78 valence electrons. The average Bonchev–Trinajstić information content (AvgIpc) is 2.08. The molecule has 1 saturated heterocycles. The first kappa shape index (κ1) is 18.7. The van der Waals surface area contributed by atoms with Crippen molar-refractivity contribution in [2.24, 2.45) is 0 Å². The first-order chi connectivity index (χ1) is 6.46. The molecule has 0 atom stereocenters. The predicted octanol–water partition coefficient (Wildman–Crippen LogP) is -9.93. The number of aliphatic carboxylic acids is 2. The number of likely N-dealkylation sites (tertiary alicyclic amines) is 1. The molecule has 0 saturated carbocycles. The number of β-lactam (4-membered cyclic amide) rings is 1. The Labute approximate surface area is 136 Å². The van der Waals surface area contributed by atoms with E-state index in [1.165, 1.54) is 7.11 Å². The fourth-order valence-corrected chi connectivity index (χ4v) is 1.29. The summed E-state index contributed by atoms with van der Waals surface area (Å²) >= 11 is 0. The summed E-state index contributed by atoms with van der Waals surface area (Å²) in [5.41, 5.74) is -2.37. The fraction of sp³-hybridized carbons (Fsp3) is 0.571. The Morgan fingerprint density at radius 3 is 2.06 bits per heavy atom. The summed E-state index contributed by atoms with van der Waals surface area (Å²) in [6.45, 7) is -0.416. The topological polar surface area (TPSA) is 110 Å². The maximum Gasteiger partial charge on any atom is 1.00 e. The van der Waals surface area contributed by atoms with Crippen LogP contribution in [0.5, 0.6) is 0 Å². The number of rotatable bonds is 4. The van der Waals surface area contributed by atoms with Crippen LogP contribution in [0.3, 0.4) is 0 Å². The number of carbonyl (C=O) groups is 3. The van der Waals surface area contributed by atoms with Crippen molar-refractivity contribution < 1.29 is 88.4 Å².